The summed E-state index contributed by atoms with van der Waals surface area (Å²) in [6, 6.07) is 18.9. The predicted octanol–water partition coefficient (Wildman–Crippen LogP) is 10.0. The highest BCUT2D eigenvalue weighted by Gasteiger charge is 2.07. The molecule has 1 heterocycles. The van der Waals surface area contributed by atoms with Gasteiger partial charge in [0, 0.05) is 11.8 Å². The minimum atomic E-state index is 0.564. The van der Waals surface area contributed by atoms with E-state index in [1.54, 1.807) is 18.3 Å². The zero-order chi connectivity index (χ0) is 29.5. The SMILES string of the molecule is C=C/C=C\C(=C)c1ccnc(/C(C=C)=C/C(=C)c2cccc(/C(C=C)=C/Cc3ccc(C/C=C\C=C/C)cc3)c2)n1. The summed E-state index contributed by atoms with van der Waals surface area (Å²) in [7, 11) is 0. The Bertz CT molecular complexity index is 1550. The lowest BCUT2D eigenvalue weighted by Crippen LogP contribution is -1.96. The minimum absolute atomic E-state index is 0.564. The summed E-state index contributed by atoms with van der Waals surface area (Å²) in [4.78, 5) is 9.13. The zero-order valence-electron chi connectivity index (χ0n) is 24.0. The van der Waals surface area contributed by atoms with Crippen LogP contribution in [-0.4, -0.2) is 9.97 Å². The van der Waals surface area contributed by atoms with Gasteiger partial charge in [-0.2, -0.15) is 0 Å². The largest absolute Gasteiger partial charge is 0.237 e. The Morgan fingerprint density at radius 2 is 1.49 bits per heavy atom. The summed E-state index contributed by atoms with van der Waals surface area (Å²) in [6.07, 6.45) is 25.0. The molecule has 0 amide bonds. The summed E-state index contributed by atoms with van der Waals surface area (Å²) >= 11 is 0. The van der Waals surface area contributed by atoms with Gasteiger partial charge in [-0.05, 0) is 76.9 Å². The number of allylic oxidation sites excluding steroid dienone is 15. The fourth-order valence-electron chi connectivity index (χ4n) is 4.08. The van der Waals surface area contributed by atoms with Gasteiger partial charge in [0.1, 0.15) is 0 Å². The quantitative estimate of drug-likeness (QED) is 0.192. The maximum atomic E-state index is 4.68. The van der Waals surface area contributed by atoms with Gasteiger partial charge < -0.3 is 0 Å². The average molecular weight is 535 g/mol. The first-order chi connectivity index (χ1) is 20.0. The topological polar surface area (TPSA) is 25.8 Å². The van der Waals surface area contributed by atoms with E-state index >= 15 is 0 Å². The fourth-order valence-corrected chi connectivity index (χ4v) is 4.08. The molecule has 0 atom stereocenters. The molecule has 0 aliphatic carbocycles. The fraction of sp³-hybridized carbons (Fsp3) is 0.0769. The van der Waals surface area contributed by atoms with Gasteiger partial charge >= 0.3 is 0 Å². The van der Waals surface area contributed by atoms with E-state index in [1.165, 1.54) is 11.1 Å². The van der Waals surface area contributed by atoms with E-state index in [1.807, 2.05) is 61.6 Å². The summed E-state index contributed by atoms with van der Waals surface area (Å²) in [6.45, 7) is 22.2. The van der Waals surface area contributed by atoms with Crippen molar-refractivity contribution < 1.29 is 0 Å². The highest BCUT2D eigenvalue weighted by molar-refractivity contribution is 5.86. The number of aromatic nitrogens is 2. The number of hydrogen-bond acceptors (Lipinski definition) is 2. The number of nitrogens with zero attached hydrogens (tertiary/aromatic N) is 2. The third-order valence-corrected chi connectivity index (χ3v) is 6.39. The van der Waals surface area contributed by atoms with Crippen LogP contribution in [0, 0.1) is 0 Å². The Morgan fingerprint density at radius 1 is 0.780 bits per heavy atom. The number of benzene rings is 2. The van der Waals surface area contributed by atoms with E-state index in [0.717, 1.165) is 52.0 Å². The summed E-state index contributed by atoms with van der Waals surface area (Å²) in [5, 5.41) is 0. The molecule has 0 saturated carbocycles. The molecule has 2 heteroatoms. The van der Waals surface area contributed by atoms with Gasteiger partial charge in [-0.25, -0.2) is 9.97 Å². The first-order valence-corrected chi connectivity index (χ1v) is 13.6. The molecule has 0 bridgehead atoms. The van der Waals surface area contributed by atoms with Crippen molar-refractivity contribution in [1.29, 1.82) is 0 Å². The first kappa shape index (κ1) is 30.5. The minimum Gasteiger partial charge on any atom is -0.237 e. The van der Waals surface area contributed by atoms with E-state index in [9.17, 15) is 0 Å². The van der Waals surface area contributed by atoms with E-state index < -0.39 is 0 Å². The van der Waals surface area contributed by atoms with E-state index in [-0.39, 0.29) is 0 Å². The van der Waals surface area contributed by atoms with Crippen LogP contribution in [0.25, 0.3) is 22.3 Å². The molecule has 0 spiro atoms. The molecule has 0 saturated heterocycles. The Kier molecular flexibility index (Phi) is 12.0. The third-order valence-electron chi connectivity index (χ3n) is 6.39. The molecule has 3 rings (SSSR count). The molecule has 2 aromatic carbocycles. The highest BCUT2D eigenvalue weighted by Crippen LogP contribution is 2.25. The molecule has 3 aromatic rings. The molecule has 0 unspecified atom stereocenters. The summed E-state index contributed by atoms with van der Waals surface area (Å²) in [5.74, 6) is 0.564. The highest BCUT2D eigenvalue weighted by atomic mass is 14.9. The van der Waals surface area contributed by atoms with Crippen molar-refractivity contribution in [3.8, 4) is 0 Å². The van der Waals surface area contributed by atoms with Gasteiger partial charge in [0.2, 0.25) is 0 Å². The van der Waals surface area contributed by atoms with Crippen LogP contribution in [0.4, 0.5) is 0 Å². The van der Waals surface area contributed by atoms with Crippen molar-refractivity contribution in [1.82, 2.24) is 9.97 Å². The van der Waals surface area contributed by atoms with Gasteiger partial charge in [0.05, 0.1) is 5.69 Å². The Balaban J connectivity index is 1.78. The average Bonchev–Trinajstić information content (AvgIpc) is 3.01. The second-order valence-electron chi connectivity index (χ2n) is 9.34. The van der Waals surface area contributed by atoms with Crippen LogP contribution in [0.15, 0.2) is 161 Å². The molecule has 0 N–H and O–H groups in total. The number of hydrogen-bond donors (Lipinski definition) is 0. The monoisotopic (exact) mass is 534 g/mol. The lowest BCUT2D eigenvalue weighted by molar-refractivity contribution is 1.10. The molecule has 0 aliphatic rings. The van der Waals surface area contributed by atoms with Crippen molar-refractivity contribution in [2.75, 3.05) is 0 Å². The lowest BCUT2D eigenvalue weighted by atomic mass is 9.97. The van der Waals surface area contributed by atoms with Gasteiger partial charge in [-0.15, -0.1) is 0 Å². The molecule has 41 heavy (non-hydrogen) atoms. The summed E-state index contributed by atoms with van der Waals surface area (Å²) in [5.41, 5.74) is 8.85. The van der Waals surface area contributed by atoms with Crippen LogP contribution in [0.1, 0.15) is 40.7 Å². The van der Waals surface area contributed by atoms with E-state index in [2.05, 4.69) is 97.5 Å². The van der Waals surface area contributed by atoms with E-state index in [4.69, 9.17) is 0 Å². The summed E-state index contributed by atoms with van der Waals surface area (Å²) < 4.78 is 0. The van der Waals surface area contributed by atoms with Crippen LogP contribution >= 0.6 is 0 Å². The van der Waals surface area contributed by atoms with Crippen molar-refractivity contribution >= 4 is 22.3 Å². The first-order valence-electron chi connectivity index (χ1n) is 13.6. The van der Waals surface area contributed by atoms with Crippen LogP contribution in [0.2, 0.25) is 0 Å². The van der Waals surface area contributed by atoms with Crippen LogP contribution in [-0.2, 0) is 12.8 Å². The van der Waals surface area contributed by atoms with Gasteiger partial charge in [-0.1, -0.05) is 136 Å². The van der Waals surface area contributed by atoms with Crippen molar-refractivity contribution in [3.05, 3.63) is 194 Å². The normalized spacial score (nSPS) is 12.2. The van der Waals surface area contributed by atoms with Crippen LogP contribution in [0.5, 0.6) is 0 Å². The number of rotatable bonds is 14. The van der Waals surface area contributed by atoms with Gasteiger partial charge in [0.25, 0.3) is 0 Å². The van der Waals surface area contributed by atoms with Crippen molar-refractivity contribution in [3.63, 3.8) is 0 Å². The Hall–Kier alpha value is -5.08. The smallest absolute Gasteiger partial charge is 0.159 e. The second-order valence-corrected chi connectivity index (χ2v) is 9.34. The second kappa shape index (κ2) is 16.1. The molecular formula is C39H38N2. The molecule has 0 fully saturated rings. The molecule has 204 valence electrons. The lowest BCUT2D eigenvalue weighted by Gasteiger charge is -2.09. The Morgan fingerprint density at radius 3 is 2.17 bits per heavy atom. The molecule has 0 radical (unpaired) electrons. The molecular weight excluding hydrogens is 496 g/mol. The van der Waals surface area contributed by atoms with E-state index in [0.29, 0.717) is 5.82 Å². The standard InChI is InChI=1S/C39H38N2/c1-7-11-13-14-17-32-20-22-33(23-21-32)24-25-34(9-3)37-19-15-18-36(29-37)31(6)28-35(10-4)39-40-27-26-38(41-39)30(5)16-12-8-2/h7-16,18-23,25-29H,2-6,17,24H2,1H3/b11-7-,14-13-,16-12-,34-25+,35-28+. The third kappa shape index (κ3) is 9.26. The maximum Gasteiger partial charge on any atom is 0.159 e. The van der Waals surface area contributed by atoms with Gasteiger partial charge in [-0.3, -0.25) is 0 Å². The van der Waals surface area contributed by atoms with Crippen LogP contribution < -0.4 is 0 Å². The Labute approximate surface area is 245 Å². The maximum absolute atomic E-state index is 4.68. The molecule has 1 aromatic heterocycles. The molecule has 2 nitrogen and oxygen atoms in total. The van der Waals surface area contributed by atoms with Gasteiger partial charge in [0.15, 0.2) is 5.82 Å². The van der Waals surface area contributed by atoms with Crippen molar-refractivity contribution in [2.24, 2.45) is 0 Å². The zero-order valence-corrected chi connectivity index (χ0v) is 24.0. The van der Waals surface area contributed by atoms with Crippen molar-refractivity contribution in [2.45, 2.75) is 19.8 Å². The predicted molar refractivity (Wildman–Crippen MR) is 180 cm³/mol. The molecule has 0 aliphatic heterocycles. The van der Waals surface area contributed by atoms with Crippen LogP contribution in [0.3, 0.4) is 0 Å².